The van der Waals surface area contributed by atoms with Gasteiger partial charge in [-0.2, -0.15) is 21.6 Å². The van der Waals surface area contributed by atoms with Gasteiger partial charge in [-0.1, -0.05) is 70.1 Å². The number of halogens is 3. The molecule has 0 atom stereocenters. The second-order valence-corrected chi connectivity index (χ2v) is 8.58. The van der Waals surface area contributed by atoms with E-state index in [4.69, 9.17) is 0 Å². The molecule has 0 N–H and O–H groups in total. The van der Waals surface area contributed by atoms with E-state index in [0.717, 1.165) is 24.8 Å². The van der Waals surface area contributed by atoms with Crippen LogP contribution in [-0.2, 0) is 10.0 Å². The highest BCUT2D eigenvalue weighted by Crippen LogP contribution is 2.33. The highest BCUT2D eigenvalue weighted by atomic mass is 32.2. The maximum absolute atomic E-state index is 13.3. The van der Waals surface area contributed by atoms with Crippen LogP contribution in [0.4, 0.5) is 13.2 Å². The van der Waals surface area contributed by atoms with Gasteiger partial charge in [0.05, 0.1) is 0 Å². The summed E-state index contributed by atoms with van der Waals surface area (Å²) in [6.45, 7) is 5.26. The van der Waals surface area contributed by atoms with Gasteiger partial charge in [-0.25, -0.2) is 0 Å². The van der Waals surface area contributed by atoms with Gasteiger partial charge in [0, 0.05) is 23.4 Å². The number of alkyl halides is 3. The molecule has 0 heterocycles. The van der Waals surface area contributed by atoms with Crippen LogP contribution >= 0.6 is 0 Å². The third-order valence-electron chi connectivity index (χ3n) is 4.41. The summed E-state index contributed by atoms with van der Waals surface area (Å²) in [6.07, 6.45) is 4.26. The normalized spacial score (nSPS) is 12.8. The summed E-state index contributed by atoms with van der Waals surface area (Å²) in [5.41, 5.74) is -4.01. The molecule has 0 aliphatic heterocycles. The number of hydrogen-bond acceptors (Lipinski definition) is 2. The molecule has 0 saturated heterocycles. The van der Waals surface area contributed by atoms with E-state index in [9.17, 15) is 21.6 Å². The number of hydrogen-bond donors (Lipinski definition) is 0. The van der Waals surface area contributed by atoms with Crippen LogP contribution in [0.25, 0.3) is 0 Å². The Bertz CT molecular complexity index is 819. The fraction of sp³-hybridized carbons (Fsp3) is 0.545. The van der Waals surface area contributed by atoms with Gasteiger partial charge >= 0.3 is 15.5 Å². The molecule has 1 aromatic rings. The zero-order chi connectivity index (χ0) is 21.9. The summed E-state index contributed by atoms with van der Waals surface area (Å²) < 4.78 is 65.1. The molecule has 0 fully saturated rings. The summed E-state index contributed by atoms with van der Waals surface area (Å²) in [7, 11) is -5.47. The molecule has 1 rings (SSSR count). The summed E-state index contributed by atoms with van der Waals surface area (Å²) in [4.78, 5) is 0. The SMILES string of the molecule is CCCCCC/C(=C(/C#Cc1ccccc1)CC)N(CCC)S(=O)(=O)C(F)(F)F. The van der Waals surface area contributed by atoms with Crippen molar-refractivity contribution >= 4 is 10.0 Å². The predicted octanol–water partition coefficient (Wildman–Crippen LogP) is 6.23. The van der Waals surface area contributed by atoms with Crippen LogP contribution in [0.5, 0.6) is 0 Å². The Balaban J connectivity index is 3.47. The van der Waals surface area contributed by atoms with Gasteiger partial charge in [0.25, 0.3) is 0 Å². The van der Waals surface area contributed by atoms with Gasteiger partial charge in [-0.05, 0) is 37.8 Å². The first kappa shape index (κ1) is 25.1. The van der Waals surface area contributed by atoms with Gasteiger partial charge < -0.3 is 0 Å². The van der Waals surface area contributed by atoms with Crippen molar-refractivity contribution in [2.45, 2.75) is 71.2 Å². The van der Waals surface area contributed by atoms with Crippen LogP contribution in [0.2, 0.25) is 0 Å². The maximum Gasteiger partial charge on any atom is 0.516 e. The zero-order valence-corrected chi connectivity index (χ0v) is 18.2. The second kappa shape index (κ2) is 11.9. The van der Waals surface area contributed by atoms with Crippen LogP contribution in [0.1, 0.15) is 71.3 Å². The van der Waals surface area contributed by atoms with Crippen molar-refractivity contribution in [3.05, 3.63) is 47.2 Å². The van der Waals surface area contributed by atoms with E-state index in [2.05, 4.69) is 11.8 Å². The lowest BCUT2D eigenvalue weighted by Crippen LogP contribution is -2.41. The molecular weight excluding hydrogens is 399 g/mol. The molecule has 0 aliphatic rings. The molecule has 0 amide bonds. The summed E-state index contributed by atoms with van der Waals surface area (Å²) >= 11 is 0. The minimum atomic E-state index is -5.47. The standard InChI is InChI=1S/C22H30F3NO2S/c1-4-7-8-12-15-21(26(18-5-2)29(27,28)22(23,24)25)20(6-3)17-16-19-13-10-9-11-14-19/h9-11,13-14H,4-8,12,15,18H2,1-3H3/b21-20-. The maximum atomic E-state index is 13.3. The van der Waals surface area contributed by atoms with E-state index < -0.39 is 15.5 Å². The lowest BCUT2D eigenvalue weighted by molar-refractivity contribution is -0.0481. The number of benzene rings is 1. The molecule has 7 heteroatoms. The summed E-state index contributed by atoms with van der Waals surface area (Å²) in [5, 5.41) is 0. The highest BCUT2D eigenvalue weighted by Gasteiger charge is 2.50. The fourth-order valence-corrected chi connectivity index (χ4v) is 4.07. The molecule has 0 spiro atoms. The number of rotatable bonds is 10. The molecule has 1 aromatic carbocycles. The molecule has 0 unspecified atom stereocenters. The Hall–Kier alpha value is -1.94. The summed E-state index contributed by atoms with van der Waals surface area (Å²) in [5.74, 6) is 5.90. The smallest absolute Gasteiger partial charge is 0.266 e. The molecular formula is C22H30F3NO2S. The quantitative estimate of drug-likeness (QED) is 0.326. The second-order valence-electron chi connectivity index (χ2n) is 6.73. The number of sulfonamides is 1. The van der Waals surface area contributed by atoms with Gasteiger partial charge in [0.15, 0.2) is 0 Å². The van der Waals surface area contributed by atoms with Crippen LogP contribution in [-0.4, -0.2) is 24.8 Å². The lowest BCUT2D eigenvalue weighted by atomic mass is 10.0. The Labute approximate surface area is 173 Å². The number of allylic oxidation sites excluding steroid dienone is 2. The Morgan fingerprint density at radius 3 is 2.17 bits per heavy atom. The van der Waals surface area contributed by atoms with Crippen molar-refractivity contribution in [1.82, 2.24) is 4.31 Å². The molecule has 3 nitrogen and oxygen atoms in total. The van der Waals surface area contributed by atoms with Crippen LogP contribution < -0.4 is 0 Å². The van der Waals surface area contributed by atoms with Gasteiger partial charge in [0.2, 0.25) is 0 Å². The predicted molar refractivity (Wildman–Crippen MR) is 111 cm³/mol. The third kappa shape index (κ3) is 7.43. The first-order valence-electron chi connectivity index (χ1n) is 10.1. The van der Waals surface area contributed by atoms with E-state index >= 15 is 0 Å². The Morgan fingerprint density at radius 1 is 1.00 bits per heavy atom. The zero-order valence-electron chi connectivity index (χ0n) is 17.3. The van der Waals surface area contributed by atoms with Crippen molar-refractivity contribution in [2.75, 3.05) is 6.54 Å². The van der Waals surface area contributed by atoms with Crippen molar-refractivity contribution in [3.8, 4) is 11.8 Å². The Kier molecular flexibility index (Phi) is 10.3. The third-order valence-corrected chi connectivity index (χ3v) is 5.98. The lowest BCUT2D eigenvalue weighted by Gasteiger charge is -2.29. The first-order valence-corrected chi connectivity index (χ1v) is 11.5. The Morgan fingerprint density at radius 2 is 1.66 bits per heavy atom. The minimum absolute atomic E-state index is 0.172. The average molecular weight is 430 g/mol. The van der Waals surface area contributed by atoms with E-state index in [1.165, 1.54) is 0 Å². The fourth-order valence-electron chi connectivity index (χ4n) is 2.91. The van der Waals surface area contributed by atoms with Gasteiger partial charge in [-0.15, -0.1) is 0 Å². The minimum Gasteiger partial charge on any atom is -0.266 e. The van der Waals surface area contributed by atoms with E-state index in [0.29, 0.717) is 22.7 Å². The molecule has 0 saturated carbocycles. The molecule has 0 aliphatic carbocycles. The highest BCUT2D eigenvalue weighted by molar-refractivity contribution is 7.90. The van der Waals surface area contributed by atoms with Crippen LogP contribution in [0, 0.1) is 11.8 Å². The van der Waals surface area contributed by atoms with Gasteiger partial charge in [-0.3, -0.25) is 4.31 Å². The van der Waals surface area contributed by atoms with Gasteiger partial charge in [0.1, 0.15) is 0 Å². The first-order chi connectivity index (χ1) is 13.7. The largest absolute Gasteiger partial charge is 0.516 e. The number of unbranched alkanes of at least 4 members (excludes halogenated alkanes) is 3. The summed E-state index contributed by atoms with van der Waals surface area (Å²) in [6, 6.07) is 9.10. The van der Waals surface area contributed by atoms with E-state index in [1.54, 1.807) is 26.0 Å². The van der Waals surface area contributed by atoms with E-state index in [1.807, 2.05) is 25.1 Å². The molecule has 162 valence electrons. The number of nitrogens with zero attached hydrogens (tertiary/aromatic N) is 1. The van der Waals surface area contributed by atoms with Crippen LogP contribution in [0.3, 0.4) is 0 Å². The van der Waals surface area contributed by atoms with Crippen molar-refractivity contribution in [2.24, 2.45) is 0 Å². The van der Waals surface area contributed by atoms with Crippen molar-refractivity contribution < 1.29 is 21.6 Å². The average Bonchev–Trinajstić information content (AvgIpc) is 2.68. The van der Waals surface area contributed by atoms with Crippen molar-refractivity contribution in [3.63, 3.8) is 0 Å². The molecule has 0 radical (unpaired) electrons. The van der Waals surface area contributed by atoms with E-state index in [-0.39, 0.29) is 25.1 Å². The van der Waals surface area contributed by atoms with Crippen LogP contribution in [0.15, 0.2) is 41.6 Å². The molecule has 0 bridgehead atoms. The molecule has 29 heavy (non-hydrogen) atoms. The monoisotopic (exact) mass is 429 g/mol. The topological polar surface area (TPSA) is 37.4 Å². The molecule has 0 aromatic heterocycles. The van der Waals surface area contributed by atoms with Crippen molar-refractivity contribution in [1.29, 1.82) is 0 Å².